The van der Waals surface area contributed by atoms with E-state index in [9.17, 15) is 4.79 Å². The molecule has 0 saturated heterocycles. The van der Waals surface area contributed by atoms with Gasteiger partial charge in [0, 0.05) is 0 Å². The van der Waals surface area contributed by atoms with Gasteiger partial charge in [0.15, 0.2) is 5.65 Å². The van der Waals surface area contributed by atoms with E-state index >= 15 is 0 Å². The first-order valence-corrected chi connectivity index (χ1v) is 6.68. The number of nitrogens with one attached hydrogen (secondary N) is 2. The molecule has 0 amide bonds. The second-order valence-corrected chi connectivity index (χ2v) is 4.74. The van der Waals surface area contributed by atoms with Crippen LogP contribution in [0.15, 0.2) is 35.3 Å². The van der Waals surface area contributed by atoms with Crippen molar-refractivity contribution in [3.8, 4) is 5.95 Å². The minimum Gasteiger partial charge on any atom is -0.305 e. The van der Waals surface area contributed by atoms with Crippen LogP contribution in [0.4, 0.5) is 0 Å². The molecule has 0 aliphatic carbocycles. The average molecular weight is 280 g/mol. The van der Waals surface area contributed by atoms with Crippen molar-refractivity contribution in [1.82, 2.24) is 29.7 Å². The van der Waals surface area contributed by atoms with E-state index in [0.717, 1.165) is 28.5 Å². The van der Waals surface area contributed by atoms with Crippen LogP contribution in [0.5, 0.6) is 0 Å². The summed E-state index contributed by atoms with van der Waals surface area (Å²) >= 11 is 0. The smallest absolute Gasteiger partial charge is 0.305 e. The minimum absolute atomic E-state index is 0.253. The standard InChI is InChI=1S/C14H12N6O/c1-2-9-8-7-15-19-12(8)18-13(16-9)20-11-6-4-3-5-10(11)17-14(20)21/h3-7H,2H2,1H3,(H,17,21)(H,15,16,18,19). The molecule has 4 rings (SSSR count). The lowest BCUT2D eigenvalue weighted by Gasteiger charge is -2.04. The third-order valence-corrected chi connectivity index (χ3v) is 3.50. The molecule has 7 nitrogen and oxygen atoms in total. The highest BCUT2D eigenvalue weighted by Gasteiger charge is 2.14. The lowest BCUT2D eigenvalue weighted by atomic mass is 10.2. The van der Waals surface area contributed by atoms with Crippen LogP contribution < -0.4 is 5.69 Å². The van der Waals surface area contributed by atoms with E-state index in [1.807, 2.05) is 31.2 Å². The maximum absolute atomic E-state index is 12.2. The predicted molar refractivity (Wildman–Crippen MR) is 78.5 cm³/mol. The summed E-state index contributed by atoms with van der Waals surface area (Å²) in [5, 5.41) is 7.72. The van der Waals surface area contributed by atoms with Gasteiger partial charge in [0.25, 0.3) is 0 Å². The number of aryl methyl sites for hydroxylation is 1. The molecule has 21 heavy (non-hydrogen) atoms. The maximum Gasteiger partial charge on any atom is 0.333 e. The average Bonchev–Trinajstić information content (AvgIpc) is 3.08. The van der Waals surface area contributed by atoms with Gasteiger partial charge in [-0.25, -0.2) is 14.3 Å². The van der Waals surface area contributed by atoms with Crippen molar-refractivity contribution in [3.63, 3.8) is 0 Å². The van der Waals surface area contributed by atoms with Gasteiger partial charge >= 0.3 is 5.69 Å². The molecule has 0 bridgehead atoms. The Morgan fingerprint density at radius 2 is 2.10 bits per heavy atom. The lowest BCUT2D eigenvalue weighted by molar-refractivity contribution is 0.890. The summed E-state index contributed by atoms with van der Waals surface area (Å²) < 4.78 is 1.48. The van der Waals surface area contributed by atoms with Crippen molar-refractivity contribution in [2.24, 2.45) is 0 Å². The van der Waals surface area contributed by atoms with Crippen molar-refractivity contribution in [2.75, 3.05) is 0 Å². The predicted octanol–water partition coefficient (Wildman–Crippen LogP) is 1.55. The molecule has 0 aliphatic rings. The molecule has 3 aromatic heterocycles. The summed E-state index contributed by atoms with van der Waals surface area (Å²) in [5.74, 6) is 0.353. The molecule has 4 aromatic rings. The van der Waals surface area contributed by atoms with Crippen molar-refractivity contribution >= 4 is 22.1 Å². The van der Waals surface area contributed by atoms with E-state index in [4.69, 9.17) is 0 Å². The molecule has 3 heterocycles. The number of para-hydroxylation sites is 2. The van der Waals surface area contributed by atoms with Crippen LogP contribution in [0.25, 0.3) is 28.0 Å². The Bertz CT molecular complexity index is 1010. The van der Waals surface area contributed by atoms with Gasteiger partial charge in [0.05, 0.1) is 28.3 Å². The van der Waals surface area contributed by atoms with Gasteiger partial charge in [-0.15, -0.1) is 0 Å². The molecule has 0 unspecified atom stereocenters. The number of aromatic nitrogens is 6. The SMILES string of the molecule is CCc1nc(-n2c(=O)[nH]c3ccccc32)nc2[nH]ncc12. The molecule has 0 radical (unpaired) electrons. The first kappa shape index (κ1) is 11.8. The summed E-state index contributed by atoms with van der Waals surface area (Å²) in [6.07, 6.45) is 2.44. The Labute approximate surface area is 118 Å². The normalized spacial score (nSPS) is 11.5. The van der Waals surface area contributed by atoms with Crippen LogP contribution in [0.1, 0.15) is 12.6 Å². The van der Waals surface area contributed by atoms with Crippen molar-refractivity contribution in [3.05, 3.63) is 46.6 Å². The number of hydrogen-bond acceptors (Lipinski definition) is 4. The number of nitrogens with zero attached hydrogens (tertiary/aromatic N) is 4. The van der Waals surface area contributed by atoms with Crippen LogP contribution in [0.3, 0.4) is 0 Å². The quantitative estimate of drug-likeness (QED) is 0.582. The van der Waals surface area contributed by atoms with Gasteiger partial charge in [-0.2, -0.15) is 10.1 Å². The van der Waals surface area contributed by atoms with Gasteiger partial charge < -0.3 is 4.98 Å². The largest absolute Gasteiger partial charge is 0.333 e. The lowest BCUT2D eigenvalue weighted by Crippen LogP contribution is -2.18. The summed E-state index contributed by atoms with van der Waals surface area (Å²) in [7, 11) is 0. The molecular formula is C14H12N6O. The minimum atomic E-state index is -0.253. The molecule has 7 heteroatoms. The fourth-order valence-corrected chi connectivity index (χ4v) is 2.50. The Hall–Kier alpha value is -2.96. The first-order valence-electron chi connectivity index (χ1n) is 6.68. The molecule has 2 N–H and O–H groups in total. The van der Waals surface area contributed by atoms with Gasteiger partial charge in [0.1, 0.15) is 0 Å². The van der Waals surface area contributed by atoms with Crippen LogP contribution in [-0.4, -0.2) is 29.7 Å². The van der Waals surface area contributed by atoms with E-state index in [2.05, 4.69) is 25.1 Å². The zero-order valence-corrected chi connectivity index (χ0v) is 11.3. The molecule has 0 fully saturated rings. The van der Waals surface area contributed by atoms with Crippen LogP contribution >= 0.6 is 0 Å². The number of H-pyrrole nitrogens is 2. The van der Waals surface area contributed by atoms with Crippen LogP contribution in [0.2, 0.25) is 0 Å². The van der Waals surface area contributed by atoms with Crippen LogP contribution in [-0.2, 0) is 6.42 Å². The van der Waals surface area contributed by atoms with Gasteiger partial charge in [-0.1, -0.05) is 19.1 Å². The van der Waals surface area contributed by atoms with E-state index in [0.29, 0.717) is 11.6 Å². The number of rotatable bonds is 2. The molecule has 0 spiro atoms. The molecule has 1 aromatic carbocycles. The van der Waals surface area contributed by atoms with Crippen molar-refractivity contribution < 1.29 is 0 Å². The second-order valence-electron chi connectivity index (χ2n) is 4.74. The van der Waals surface area contributed by atoms with Gasteiger partial charge in [-0.3, -0.25) is 5.10 Å². The fourth-order valence-electron chi connectivity index (χ4n) is 2.50. The van der Waals surface area contributed by atoms with Crippen molar-refractivity contribution in [2.45, 2.75) is 13.3 Å². The second kappa shape index (κ2) is 4.27. The van der Waals surface area contributed by atoms with E-state index in [1.54, 1.807) is 6.20 Å². The monoisotopic (exact) mass is 280 g/mol. The molecular weight excluding hydrogens is 268 g/mol. The Balaban J connectivity index is 2.09. The Morgan fingerprint density at radius 3 is 2.95 bits per heavy atom. The topological polar surface area (TPSA) is 92.2 Å². The number of hydrogen-bond donors (Lipinski definition) is 2. The number of fused-ring (bicyclic) bond motifs is 2. The Kier molecular flexibility index (Phi) is 2.41. The molecule has 0 atom stereocenters. The number of benzene rings is 1. The summed E-state index contributed by atoms with van der Waals surface area (Å²) in [4.78, 5) is 23.9. The Morgan fingerprint density at radius 1 is 1.24 bits per heavy atom. The summed E-state index contributed by atoms with van der Waals surface area (Å²) in [6, 6.07) is 7.46. The van der Waals surface area contributed by atoms with Gasteiger partial charge in [0.2, 0.25) is 5.95 Å². The molecule has 0 saturated carbocycles. The fraction of sp³-hybridized carbons (Fsp3) is 0.143. The summed E-state index contributed by atoms with van der Waals surface area (Å²) in [6.45, 7) is 2.01. The third-order valence-electron chi connectivity index (χ3n) is 3.50. The zero-order chi connectivity index (χ0) is 14.4. The van der Waals surface area contributed by atoms with E-state index in [1.165, 1.54) is 4.57 Å². The molecule has 0 aliphatic heterocycles. The number of aromatic amines is 2. The van der Waals surface area contributed by atoms with Crippen LogP contribution in [0, 0.1) is 0 Å². The number of imidazole rings is 1. The maximum atomic E-state index is 12.2. The highest BCUT2D eigenvalue weighted by molar-refractivity contribution is 5.79. The zero-order valence-electron chi connectivity index (χ0n) is 11.3. The molecule has 104 valence electrons. The van der Waals surface area contributed by atoms with E-state index in [-0.39, 0.29) is 5.69 Å². The first-order chi connectivity index (χ1) is 10.3. The van der Waals surface area contributed by atoms with Gasteiger partial charge in [-0.05, 0) is 18.6 Å². The highest BCUT2D eigenvalue weighted by atomic mass is 16.1. The third kappa shape index (κ3) is 1.67. The highest BCUT2D eigenvalue weighted by Crippen LogP contribution is 2.17. The summed E-state index contributed by atoms with van der Waals surface area (Å²) in [5.41, 5.74) is 2.75. The van der Waals surface area contributed by atoms with Crippen molar-refractivity contribution in [1.29, 1.82) is 0 Å². The van der Waals surface area contributed by atoms with E-state index < -0.39 is 0 Å².